The molecule has 3 N–H and O–H groups in total. The molecule has 1 aromatic carbocycles. The van der Waals surface area contributed by atoms with Gasteiger partial charge in [-0.3, -0.25) is 4.79 Å². The van der Waals surface area contributed by atoms with Crippen LogP contribution in [0.3, 0.4) is 0 Å². The Morgan fingerprint density at radius 1 is 1.40 bits per heavy atom. The number of nitrogen functional groups attached to an aromatic ring is 1. The van der Waals surface area contributed by atoms with E-state index in [9.17, 15) is 13.2 Å². The Morgan fingerprint density at radius 3 is 2.55 bits per heavy atom. The van der Waals surface area contributed by atoms with Crippen molar-refractivity contribution in [1.82, 2.24) is 9.62 Å². The van der Waals surface area contributed by atoms with Gasteiger partial charge in [-0.05, 0) is 24.6 Å². The standard InChI is InChI=1S/C12H18ClN3O3S/c1-8-6-9(13)11(7-10(8)14)20(18,19)15-5-4-12(17)16(2)3/h6-7,15H,4-5,14H2,1-3H3. The number of nitrogens with two attached hydrogens (primary N) is 1. The quantitative estimate of drug-likeness (QED) is 0.791. The Kier molecular flexibility index (Phi) is 5.38. The van der Waals surface area contributed by atoms with Gasteiger partial charge >= 0.3 is 0 Å². The van der Waals surface area contributed by atoms with Crippen LogP contribution in [0.4, 0.5) is 5.69 Å². The minimum atomic E-state index is -3.78. The van der Waals surface area contributed by atoms with Crippen LogP contribution in [0, 0.1) is 6.92 Å². The molecule has 0 bridgehead atoms. The number of anilines is 1. The molecule has 1 amide bonds. The Balaban J connectivity index is 2.85. The largest absolute Gasteiger partial charge is 0.398 e. The molecular formula is C12H18ClN3O3S. The van der Waals surface area contributed by atoms with Gasteiger partial charge in [-0.1, -0.05) is 11.6 Å². The summed E-state index contributed by atoms with van der Waals surface area (Å²) in [6, 6.07) is 2.81. The number of aryl methyl sites for hydroxylation is 1. The van der Waals surface area contributed by atoms with E-state index in [1.165, 1.54) is 17.0 Å². The van der Waals surface area contributed by atoms with Crippen molar-refractivity contribution in [2.45, 2.75) is 18.2 Å². The molecule has 0 aliphatic rings. The summed E-state index contributed by atoms with van der Waals surface area (Å²) >= 11 is 5.93. The van der Waals surface area contributed by atoms with Crippen LogP contribution in [0.2, 0.25) is 5.02 Å². The van der Waals surface area contributed by atoms with Crippen molar-refractivity contribution in [2.75, 3.05) is 26.4 Å². The second-order valence-corrected chi connectivity index (χ2v) is 6.72. The third-order valence-corrected chi connectivity index (χ3v) is 4.67. The summed E-state index contributed by atoms with van der Waals surface area (Å²) < 4.78 is 26.5. The molecular weight excluding hydrogens is 302 g/mol. The average Bonchev–Trinajstić information content (AvgIpc) is 2.33. The highest BCUT2D eigenvalue weighted by atomic mass is 35.5. The van der Waals surface area contributed by atoms with Crippen LogP contribution in [0.25, 0.3) is 0 Å². The number of carbonyl (C=O) groups excluding carboxylic acids is 1. The van der Waals surface area contributed by atoms with E-state index < -0.39 is 10.0 Å². The molecule has 0 aliphatic carbocycles. The third kappa shape index (κ3) is 4.09. The van der Waals surface area contributed by atoms with Crippen molar-refractivity contribution in [3.8, 4) is 0 Å². The fraction of sp³-hybridized carbons (Fsp3) is 0.417. The molecule has 0 radical (unpaired) electrons. The van der Waals surface area contributed by atoms with Gasteiger partial charge in [-0.2, -0.15) is 0 Å². The predicted octanol–water partition coefficient (Wildman–Crippen LogP) is 0.987. The molecule has 8 heteroatoms. The molecule has 0 atom stereocenters. The number of benzene rings is 1. The summed E-state index contributed by atoms with van der Waals surface area (Å²) in [7, 11) is -0.573. The highest BCUT2D eigenvalue weighted by Crippen LogP contribution is 2.26. The number of rotatable bonds is 5. The summed E-state index contributed by atoms with van der Waals surface area (Å²) in [6.45, 7) is 1.74. The van der Waals surface area contributed by atoms with Crippen molar-refractivity contribution < 1.29 is 13.2 Å². The molecule has 1 aromatic rings. The van der Waals surface area contributed by atoms with Crippen LogP contribution in [-0.2, 0) is 14.8 Å². The number of nitrogens with zero attached hydrogens (tertiary/aromatic N) is 1. The van der Waals surface area contributed by atoms with E-state index in [2.05, 4.69) is 4.72 Å². The first-order valence-electron chi connectivity index (χ1n) is 5.90. The Bertz CT molecular complexity index is 615. The van der Waals surface area contributed by atoms with Gasteiger partial charge in [-0.25, -0.2) is 13.1 Å². The van der Waals surface area contributed by atoms with Crippen molar-refractivity contribution in [3.05, 3.63) is 22.7 Å². The lowest BCUT2D eigenvalue weighted by molar-refractivity contribution is -0.128. The molecule has 0 saturated carbocycles. The van der Waals surface area contributed by atoms with Gasteiger partial charge < -0.3 is 10.6 Å². The van der Waals surface area contributed by atoms with Crippen LogP contribution >= 0.6 is 11.6 Å². The monoisotopic (exact) mass is 319 g/mol. The van der Waals surface area contributed by atoms with Gasteiger partial charge in [0.05, 0.1) is 5.02 Å². The molecule has 0 heterocycles. The molecule has 0 spiro atoms. The van der Waals surface area contributed by atoms with Crippen LogP contribution < -0.4 is 10.5 Å². The van der Waals surface area contributed by atoms with Crippen LogP contribution in [0.1, 0.15) is 12.0 Å². The number of sulfonamides is 1. The van der Waals surface area contributed by atoms with E-state index in [1.807, 2.05) is 0 Å². The number of carbonyl (C=O) groups is 1. The van der Waals surface area contributed by atoms with Gasteiger partial charge in [0.15, 0.2) is 0 Å². The lowest BCUT2D eigenvalue weighted by Gasteiger charge is -2.12. The molecule has 112 valence electrons. The van der Waals surface area contributed by atoms with Gasteiger partial charge in [-0.15, -0.1) is 0 Å². The minimum Gasteiger partial charge on any atom is -0.398 e. The molecule has 0 aliphatic heterocycles. The Morgan fingerprint density at radius 2 is 2.00 bits per heavy atom. The second-order valence-electron chi connectivity index (χ2n) is 4.58. The predicted molar refractivity (Wildman–Crippen MR) is 79.1 cm³/mol. The zero-order valence-corrected chi connectivity index (χ0v) is 13.2. The molecule has 0 unspecified atom stereocenters. The summed E-state index contributed by atoms with van der Waals surface area (Å²) in [5.74, 6) is -0.165. The third-order valence-electron chi connectivity index (χ3n) is 2.74. The Hall–Kier alpha value is -1.31. The first-order valence-corrected chi connectivity index (χ1v) is 7.76. The SMILES string of the molecule is Cc1cc(Cl)c(S(=O)(=O)NCCC(=O)N(C)C)cc1N. The summed E-state index contributed by atoms with van der Waals surface area (Å²) in [5, 5.41) is 0.100. The number of amides is 1. The maximum absolute atomic E-state index is 12.1. The van der Waals surface area contributed by atoms with E-state index in [0.717, 1.165) is 0 Å². The van der Waals surface area contributed by atoms with Gasteiger partial charge in [0.1, 0.15) is 4.90 Å². The summed E-state index contributed by atoms with van der Waals surface area (Å²) in [6.07, 6.45) is 0.0746. The maximum atomic E-state index is 12.1. The molecule has 0 saturated heterocycles. The van der Waals surface area contributed by atoms with Crippen molar-refractivity contribution in [3.63, 3.8) is 0 Å². The number of nitrogens with one attached hydrogen (secondary N) is 1. The highest BCUT2D eigenvalue weighted by molar-refractivity contribution is 7.89. The van der Waals surface area contributed by atoms with E-state index in [1.54, 1.807) is 21.0 Å². The van der Waals surface area contributed by atoms with Gasteiger partial charge in [0.25, 0.3) is 0 Å². The fourth-order valence-corrected chi connectivity index (χ4v) is 3.12. The highest BCUT2D eigenvalue weighted by Gasteiger charge is 2.19. The fourth-order valence-electron chi connectivity index (χ4n) is 1.47. The smallest absolute Gasteiger partial charge is 0.242 e. The van der Waals surface area contributed by atoms with E-state index in [-0.39, 0.29) is 28.8 Å². The van der Waals surface area contributed by atoms with Gasteiger partial charge in [0.2, 0.25) is 15.9 Å². The number of hydrogen-bond acceptors (Lipinski definition) is 4. The van der Waals surface area contributed by atoms with Gasteiger partial charge in [0, 0.05) is 32.7 Å². The average molecular weight is 320 g/mol. The second kappa shape index (κ2) is 6.43. The minimum absolute atomic E-state index is 0.00343. The molecule has 6 nitrogen and oxygen atoms in total. The zero-order chi connectivity index (χ0) is 15.5. The molecule has 1 rings (SSSR count). The maximum Gasteiger partial charge on any atom is 0.242 e. The summed E-state index contributed by atoms with van der Waals surface area (Å²) in [4.78, 5) is 12.7. The van der Waals surface area contributed by atoms with E-state index in [0.29, 0.717) is 11.3 Å². The van der Waals surface area contributed by atoms with Crippen molar-refractivity contribution >= 4 is 33.2 Å². The molecule has 20 heavy (non-hydrogen) atoms. The Labute approximate surface area is 123 Å². The molecule has 0 fully saturated rings. The van der Waals surface area contributed by atoms with Crippen molar-refractivity contribution in [2.24, 2.45) is 0 Å². The van der Waals surface area contributed by atoms with E-state index in [4.69, 9.17) is 17.3 Å². The first-order chi connectivity index (χ1) is 9.15. The lowest BCUT2D eigenvalue weighted by atomic mass is 10.2. The number of halogens is 1. The lowest BCUT2D eigenvalue weighted by Crippen LogP contribution is -2.30. The van der Waals surface area contributed by atoms with Crippen LogP contribution in [0.5, 0.6) is 0 Å². The summed E-state index contributed by atoms with van der Waals surface area (Å²) in [5.41, 5.74) is 6.74. The van der Waals surface area contributed by atoms with Crippen LogP contribution in [0.15, 0.2) is 17.0 Å². The van der Waals surface area contributed by atoms with Crippen molar-refractivity contribution in [1.29, 1.82) is 0 Å². The van der Waals surface area contributed by atoms with E-state index >= 15 is 0 Å². The number of hydrogen-bond donors (Lipinski definition) is 2. The zero-order valence-electron chi connectivity index (χ0n) is 11.6. The topological polar surface area (TPSA) is 92.5 Å². The van der Waals surface area contributed by atoms with Crippen LogP contribution in [-0.4, -0.2) is 39.9 Å². The first kappa shape index (κ1) is 16.7. The molecule has 0 aromatic heterocycles. The normalized spacial score (nSPS) is 11.4.